The SMILES string of the molecule is COC(=O)CCc1cc2c(NCCNC(C)=O)nc(-c3ccccc3)nc2[nH]1. The molecule has 0 aliphatic heterocycles. The lowest BCUT2D eigenvalue weighted by Crippen LogP contribution is -2.26. The lowest BCUT2D eigenvalue weighted by atomic mass is 10.2. The van der Waals surface area contributed by atoms with E-state index in [-0.39, 0.29) is 18.3 Å². The van der Waals surface area contributed by atoms with E-state index >= 15 is 0 Å². The van der Waals surface area contributed by atoms with Crippen molar-refractivity contribution in [2.45, 2.75) is 19.8 Å². The quantitative estimate of drug-likeness (QED) is 0.408. The van der Waals surface area contributed by atoms with E-state index in [9.17, 15) is 9.59 Å². The highest BCUT2D eigenvalue weighted by Gasteiger charge is 2.13. The van der Waals surface area contributed by atoms with Crippen LogP contribution < -0.4 is 10.6 Å². The first-order chi connectivity index (χ1) is 13.6. The predicted molar refractivity (Wildman–Crippen MR) is 107 cm³/mol. The van der Waals surface area contributed by atoms with Crippen molar-refractivity contribution in [2.24, 2.45) is 0 Å². The number of nitrogens with one attached hydrogen (secondary N) is 3. The second-order valence-electron chi connectivity index (χ2n) is 6.30. The van der Waals surface area contributed by atoms with Gasteiger partial charge in [0.1, 0.15) is 11.5 Å². The monoisotopic (exact) mass is 381 g/mol. The number of ether oxygens (including phenoxy) is 1. The Morgan fingerprint density at radius 3 is 2.64 bits per heavy atom. The van der Waals surface area contributed by atoms with Gasteiger partial charge in [-0.05, 0) is 12.5 Å². The number of benzene rings is 1. The van der Waals surface area contributed by atoms with Gasteiger partial charge in [-0.2, -0.15) is 0 Å². The second kappa shape index (κ2) is 8.98. The zero-order valence-corrected chi connectivity index (χ0v) is 15.9. The van der Waals surface area contributed by atoms with E-state index in [0.717, 1.165) is 16.6 Å². The van der Waals surface area contributed by atoms with E-state index in [1.165, 1.54) is 14.0 Å². The molecular formula is C20H23N5O3. The topological polar surface area (TPSA) is 109 Å². The van der Waals surface area contributed by atoms with Crippen LogP contribution in [-0.2, 0) is 20.7 Å². The third kappa shape index (κ3) is 4.85. The zero-order chi connectivity index (χ0) is 19.9. The molecule has 0 atom stereocenters. The number of aromatic amines is 1. The van der Waals surface area contributed by atoms with Crippen molar-refractivity contribution < 1.29 is 14.3 Å². The Kier molecular flexibility index (Phi) is 6.21. The third-order valence-electron chi connectivity index (χ3n) is 4.19. The predicted octanol–water partition coefficient (Wildman–Crippen LogP) is 2.28. The summed E-state index contributed by atoms with van der Waals surface area (Å²) in [5.41, 5.74) is 2.47. The molecule has 146 valence electrons. The molecule has 0 spiro atoms. The van der Waals surface area contributed by atoms with Crippen LogP contribution in [0, 0.1) is 0 Å². The van der Waals surface area contributed by atoms with Gasteiger partial charge in [-0.15, -0.1) is 0 Å². The van der Waals surface area contributed by atoms with E-state index in [2.05, 4.69) is 25.6 Å². The molecule has 8 heteroatoms. The number of H-pyrrole nitrogens is 1. The number of methoxy groups -OCH3 is 1. The molecule has 0 aliphatic rings. The summed E-state index contributed by atoms with van der Waals surface area (Å²) in [6.07, 6.45) is 0.808. The molecule has 2 heterocycles. The Bertz CT molecular complexity index is 969. The Labute approximate surface area is 162 Å². The zero-order valence-electron chi connectivity index (χ0n) is 15.9. The normalized spacial score (nSPS) is 10.6. The first-order valence-electron chi connectivity index (χ1n) is 9.07. The number of carbonyl (C=O) groups excluding carboxylic acids is 2. The van der Waals surface area contributed by atoms with Crippen LogP contribution in [0.15, 0.2) is 36.4 Å². The average Bonchev–Trinajstić information content (AvgIpc) is 3.13. The fourth-order valence-electron chi connectivity index (χ4n) is 2.81. The summed E-state index contributed by atoms with van der Waals surface area (Å²) in [4.78, 5) is 35.0. The largest absolute Gasteiger partial charge is 0.469 e. The number of hydrogen-bond acceptors (Lipinski definition) is 6. The molecule has 3 rings (SSSR count). The third-order valence-corrected chi connectivity index (χ3v) is 4.19. The Balaban J connectivity index is 1.90. The smallest absolute Gasteiger partial charge is 0.305 e. The van der Waals surface area contributed by atoms with E-state index in [1.807, 2.05) is 36.4 Å². The van der Waals surface area contributed by atoms with Crippen LogP contribution in [0.25, 0.3) is 22.4 Å². The molecule has 1 aromatic carbocycles. The Morgan fingerprint density at radius 2 is 1.93 bits per heavy atom. The number of esters is 1. The lowest BCUT2D eigenvalue weighted by molar-refractivity contribution is -0.140. The minimum absolute atomic E-state index is 0.0775. The van der Waals surface area contributed by atoms with E-state index < -0.39 is 0 Å². The van der Waals surface area contributed by atoms with Gasteiger partial charge in [-0.1, -0.05) is 30.3 Å². The molecule has 0 radical (unpaired) electrons. The highest BCUT2D eigenvalue weighted by molar-refractivity contribution is 5.89. The van der Waals surface area contributed by atoms with Crippen molar-refractivity contribution in [3.63, 3.8) is 0 Å². The summed E-state index contributed by atoms with van der Waals surface area (Å²) in [5, 5.41) is 6.85. The van der Waals surface area contributed by atoms with E-state index in [0.29, 0.717) is 36.8 Å². The molecule has 2 aromatic heterocycles. The summed E-state index contributed by atoms with van der Waals surface area (Å²) >= 11 is 0. The number of rotatable bonds is 8. The van der Waals surface area contributed by atoms with Gasteiger partial charge in [-0.3, -0.25) is 9.59 Å². The van der Waals surface area contributed by atoms with Gasteiger partial charge in [0.05, 0.1) is 18.9 Å². The number of aryl methyl sites for hydroxylation is 1. The fourth-order valence-corrected chi connectivity index (χ4v) is 2.81. The van der Waals surface area contributed by atoms with Gasteiger partial charge in [0.25, 0.3) is 0 Å². The maximum Gasteiger partial charge on any atom is 0.305 e. The molecule has 0 saturated heterocycles. The maximum atomic E-state index is 11.4. The molecule has 0 unspecified atom stereocenters. The van der Waals surface area contributed by atoms with Crippen LogP contribution in [0.4, 0.5) is 5.82 Å². The van der Waals surface area contributed by atoms with Crippen LogP contribution in [0.3, 0.4) is 0 Å². The number of aromatic nitrogens is 3. The molecule has 1 amide bonds. The lowest BCUT2D eigenvalue weighted by Gasteiger charge is -2.09. The summed E-state index contributed by atoms with van der Waals surface area (Å²) < 4.78 is 4.70. The minimum atomic E-state index is -0.261. The molecule has 28 heavy (non-hydrogen) atoms. The van der Waals surface area contributed by atoms with Crippen molar-refractivity contribution in [3.8, 4) is 11.4 Å². The van der Waals surface area contributed by atoms with Gasteiger partial charge in [0.15, 0.2) is 5.82 Å². The number of anilines is 1. The van der Waals surface area contributed by atoms with Crippen molar-refractivity contribution in [1.29, 1.82) is 0 Å². The van der Waals surface area contributed by atoms with Gasteiger partial charge in [-0.25, -0.2) is 9.97 Å². The molecule has 0 fully saturated rings. The van der Waals surface area contributed by atoms with Crippen LogP contribution in [0.5, 0.6) is 0 Å². The summed E-state index contributed by atoms with van der Waals surface area (Å²) in [5.74, 6) is 0.931. The highest BCUT2D eigenvalue weighted by Crippen LogP contribution is 2.26. The fraction of sp³-hybridized carbons (Fsp3) is 0.300. The molecule has 0 saturated carbocycles. The number of fused-ring (bicyclic) bond motifs is 1. The molecule has 8 nitrogen and oxygen atoms in total. The van der Waals surface area contributed by atoms with Gasteiger partial charge >= 0.3 is 5.97 Å². The number of nitrogens with zero attached hydrogens (tertiary/aromatic N) is 2. The van der Waals surface area contributed by atoms with Crippen molar-refractivity contribution in [1.82, 2.24) is 20.3 Å². The molecule has 0 bridgehead atoms. The average molecular weight is 381 g/mol. The van der Waals surface area contributed by atoms with Crippen LogP contribution >= 0.6 is 0 Å². The van der Waals surface area contributed by atoms with Crippen LogP contribution in [-0.4, -0.2) is 47.0 Å². The Morgan fingerprint density at radius 1 is 1.14 bits per heavy atom. The summed E-state index contributed by atoms with van der Waals surface area (Å²) in [6.45, 7) is 2.50. The number of carbonyl (C=O) groups is 2. The molecule has 3 N–H and O–H groups in total. The van der Waals surface area contributed by atoms with Gasteiger partial charge in [0.2, 0.25) is 5.91 Å². The van der Waals surface area contributed by atoms with E-state index in [4.69, 9.17) is 4.74 Å². The van der Waals surface area contributed by atoms with Crippen molar-refractivity contribution >= 4 is 28.7 Å². The number of hydrogen-bond donors (Lipinski definition) is 3. The highest BCUT2D eigenvalue weighted by atomic mass is 16.5. The Hall–Kier alpha value is -3.42. The van der Waals surface area contributed by atoms with Crippen LogP contribution in [0.2, 0.25) is 0 Å². The first kappa shape index (κ1) is 19.3. The maximum absolute atomic E-state index is 11.4. The van der Waals surface area contributed by atoms with Crippen molar-refractivity contribution in [3.05, 3.63) is 42.1 Å². The second-order valence-corrected chi connectivity index (χ2v) is 6.30. The number of amides is 1. The minimum Gasteiger partial charge on any atom is -0.469 e. The van der Waals surface area contributed by atoms with Crippen molar-refractivity contribution in [2.75, 3.05) is 25.5 Å². The summed E-state index contributed by atoms with van der Waals surface area (Å²) in [6, 6.07) is 11.6. The first-order valence-corrected chi connectivity index (χ1v) is 9.07. The molecule has 0 aliphatic carbocycles. The van der Waals surface area contributed by atoms with Gasteiger partial charge < -0.3 is 20.4 Å². The van der Waals surface area contributed by atoms with Gasteiger partial charge in [0, 0.05) is 31.3 Å². The standard InChI is InChI=1S/C20H23N5O3/c1-13(26)21-10-11-22-19-16-12-15(8-9-17(27)28-2)23-20(16)25-18(24-19)14-6-4-3-5-7-14/h3-7,12H,8-11H2,1-2H3,(H,21,26)(H2,22,23,24,25). The van der Waals surface area contributed by atoms with Crippen LogP contribution in [0.1, 0.15) is 19.0 Å². The summed E-state index contributed by atoms with van der Waals surface area (Å²) in [7, 11) is 1.38. The molecule has 3 aromatic rings. The molecular weight excluding hydrogens is 358 g/mol. The van der Waals surface area contributed by atoms with E-state index in [1.54, 1.807) is 0 Å².